The molecule has 35 heavy (non-hydrogen) atoms. The number of hydrogen-bond donors (Lipinski definition) is 3. The van der Waals surface area contributed by atoms with Crippen LogP contribution in [0.3, 0.4) is 0 Å². The normalized spacial score (nSPS) is 10.1. The number of hydrazine groups is 1. The van der Waals surface area contributed by atoms with E-state index >= 15 is 0 Å². The van der Waals surface area contributed by atoms with Crippen molar-refractivity contribution < 1.29 is 23.8 Å². The highest BCUT2D eigenvalue weighted by Crippen LogP contribution is 2.18. The third kappa shape index (κ3) is 8.31. The zero-order valence-electron chi connectivity index (χ0n) is 19.3. The van der Waals surface area contributed by atoms with Crippen LogP contribution in [0.15, 0.2) is 78.9 Å². The van der Waals surface area contributed by atoms with Crippen molar-refractivity contribution in [2.75, 3.05) is 19.8 Å². The van der Waals surface area contributed by atoms with E-state index in [4.69, 9.17) is 26.4 Å². The monoisotopic (exact) mass is 493 g/mol. The molecule has 0 spiro atoms. The van der Waals surface area contributed by atoms with Gasteiger partial charge < -0.3 is 14.2 Å². The van der Waals surface area contributed by atoms with E-state index in [0.29, 0.717) is 42.4 Å². The van der Waals surface area contributed by atoms with Crippen LogP contribution in [0, 0.1) is 0 Å². The summed E-state index contributed by atoms with van der Waals surface area (Å²) < 4.78 is 16.9. The number of amides is 2. The van der Waals surface area contributed by atoms with Gasteiger partial charge in [0.1, 0.15) is 30.5 Å². The number of benzene rings is 3. The van der Waals surface area contributed by atoms with Crippen molar-refractivity contribution in [1.29, 1.82) is 0 Å². The number of carbonyl (C=O) groups is 2. The molecular weight excluding hydrogens is 466 g/mol. The van der Waals surface area contributed by atoms with Crippen LogP contribution >= 0.6 is 12.2 Å². The fourth-order valence-electron chi connectivity index (χ4n) is 2.94. The minimum atomic E-state index is -0.450. The van der Waals surface area contributed by atoms with Crippen molar-refractivity contribution in [2.45, 2.75) is 13.3 Å². The molecule has 0 saturated carbocycles. The van der Waals surface area contributed by atoms with Gasteiger partial charge in [-0.3, -0.25) is 25.8 Å². The summed E-state index contributed by atoms with van der Waals surface area (Å²) in [6.07, 6.45) is 0.817. The molecule has 0 fully saturated rings. The molecule has 8 nitrogen and oxygen atoms in total. The van der Waals surface area contributed by atoms with Crippen LogP contribution < -0.4 is 30.4 Å². The smallest absolute Gasteiger partial charge is 0.273 e. The molecule has 0 bridgehead atoms. The molecule has 3 aromatic rings. The number of nitrogens with one attached hydrogen (secondary N) is 3. The summed E-state index contributed by atoms with van der Waals surface area (Å²) in [6.45, 7) is 3.15. The molecule has 2 amide bonds. The van der Waals surface area contributed by atoms with E-state index in [-0.39, 0.29) is 5.11 Å². The van der Waals surface area contributed by atoms with Crippen LogP contribution in [0.4, 0.5) is 0 Å². The molecule has 0 aliphatic carbocycles. The topological polar surface area (TPSA) is 97.9 Å². The van der Waals surface area contributed by atoms with E-state index in [2.05, 4.69) is 16.2 Å². The number of thiocarbonyl (C=S) groups is 1. The Kier molecular flexibility index (Phi) is 9.89. The average Bonchev–Trinajstić information content (AvgIpc) is 2.89. The summed E-state index contributed by atoms with van der Waals surface area (Å²) in [5, 5.41) is 2.47. The van der Waals surface area contributed by atoms with E-state index in [1.54, 1.807) is 48.5 Å². The number of hydrogen-bond acceptors (Lipinski definition) is 6. The Labute approximate surface area is 209 Å². The number of ether oxygens (including phenoxy) is 3. The first-order valence-electron chi connectivity index (χ1n) is 11.1. The highest BCUT2D eigenvalue weighted by Gasteiger charge is 2.13. The van der Waals surface area contributed by atoms with Crippen LogP contribution in [0.5, 0.6) is 17.2 Å². The summed E-state index contributed by atoms with van der Waals surface area (Å²) >= 11 is 5.13. The fourth-order valence-corrected chi connectivity index (χ4v) is 3.09. The molecule has 3 aromatic carbocycles. The van der Waals surface area contributed by atoms with Crippen LogP contribution in [-0.2, 0) is 0 Å². The van der Waals surface area contributed by atoms with Gasteiger partial charge in [0.05, 0.1) is 12.2 Å². The van der Waals surface area contributed by atoms with Gasteiger partial charge in [-0.2, -0.15) is 0 Å². The van der Waals surface area contributed by atoms with E-state index in [1.165, 1.54) is 0 Å². The molecule has 0 aromatic heterocycles. The molecule has 0 heterocycles. The number of para-hydroxylation sites is 2. The van der Waals surface area contributed by atoms with Crippen molar-refractivity contribution in [2.24, 2.45) is 0 Å². The molecule has 182 valence electrons. The van der Waals surface area contributed by atoms with Gasteiger partial charge in [0, 0.05) is 5.56 Å². The minimum Gasteiger partial charge on any atom is -0.493 e. The summed E-state index contributed by atoms with van der Waals surface area (Å²) in [5.74, 6) is 0.852. The minimum absolute atomic E-state index is 0.0575. The molecule has 3 N–H and O–H groups in total. The predicted octanol–water partition coefficient (Wildman–Crippen LogP) is 3.88. The van der Waals surface area contributed by atoms with Crippen LogP contribution in [0.2, 0.25) is 0 Å². The standard InChI is InChI=1S/C26H27N3O5S/c1-2-15-34-23-14-7-6-13-22(23)25(31)28-29-26(35)27-24(30)19-9-8-12-21(18-19)33-17-16-32-20-10-4-3-5-11-20/h3-14,18H,2,15-17H2,1H3,(H,28,31)(H2,27,29,30,35). The maximum Gasteiger partial charge on any atom is 0.273 e. The summed E-state index contributed by atoms with van der Waals surface area (Å²) in [5.41, 5.74) is 5.70. The second kappa shape index (κ2) is 13.6. The first kappa shape index (κ1) is 25.5. The maximum absolute atomic E-state index is 12.6. The van der Waals surface area contributed by atoms with E-state index in [9.17, 15) is 9.59 Å². The predicted molar refractivity (Wildman–Crippen MR) is 137 cm³/mol. The van der Waals surface area contributed by atoms with Gasteiger partial charge in [0.15, 0.2) is 5.11 Å². The zero-order chi connectivity index (χ0) is 24.9. The van der Waals surface area contributed by atoms with E-state index < -0.39 is 11.8 Å². The first-order chi connectivity index (χ1) is 17.1. The molecule has 0 saturated heterocycles. The Morgan fingerprint density at radius 2 is 1.43 bits per heavy atom. The van der Waals surface area contributed by atoms with Gasteiger partial charge >= 0.3 is 0 Å². The zero-order valence-corrected chi connectivity index (χ0v) is 20.1. The van der Waals surface area contributed by atoms with Crippen molar-refractivity contribution in [1.82, 2.24) is 16.2 Å². The van der Waals surface area contributed by atoms with Gasteiger partial charge in [-0.15, -0.1) is 0 Å². The van der Waals surface area contributed by atoms with Crippen molar-refractivity contribution in [3.63, 3.8) is 0 Å². The molecule has 0 aliphatic heterocycles. The third-order valence-corrected chi connectivity index (χ3v) is 4.77. The van der Waals surface area contributed by atoms with E-state index in [1.807, 2.05) is 37.3 Å². The largest absolute Gasteiger partial charge is 0.493 e. The molecular formula is C26H27N3O5S. The number of rotatable bonds is 10. The lowest BCUT2D eigenvalue weighted by Crippen LogP contribution is -2.48. The third-order valence-electron chi connectivity index (χ3n) is 4.57. The highest BCUT2D eigenvalue weighted by atomic mass is 32.1. The lowest BCUT2D eigenvalue weighted by molar-refractivity contribution is 0.0931. The van der Waals surface area contributed by atoms with Gasteiger partial charge in [-0.25, -0.2) is 0 Å². The van der Waals surface area contributed by atoms with Gasteiger partial charge in [-0.1, -0.05) is 43.3 Å². The second-order valence-corrected chi connectivity index (χ2v) is 7.65. The Bertz CT molecular complexity index is 1140. The average molecular weight is 494 g/mol. The molecule has 0 radical (unpaired) electrons. The Hall–Kier alpha value is -4.11. The molecule has 0 unspecified atom stereocenters. The molecule has 0 atom stereocenters. The number of carbonyl (C=O) groups excluding carboxylic acids is 2. The summed E-state index contributed by atoms with van der Waals surface area (Å²) in [6, 6.07) is 23.0. The van der Waals surface area contributed by atoms with Crippen LogP contribution in [-0.4, -0.2) is 36.7 Å². The van der Waals surface area contributed by atoms with Crippen LogP contribution in [0.25, 0.3) is 0 Å². The fraction of sp³-hybridized carbons (Fsp3) is 0.192. The van der Waals surface area contributed by atoms with Gasteiger partial charge in [0.25, 0.3) is 11.8 Å². The first-order valence-corrected chi connectivity index (χ1v) is 11.5. The maximum atomic E-state index is 12.6. The summed E-state index contributed by atoms with van der Waals surface area (Å²) in [4.78, 5) is 25.1. The van der Waals surface area contributed by atoms with Crippen LogP contribution in [0.1, 0.15) is 34.1 Å². The quantitative estimate of drug-likeness (QED) is 0.224. The molecule has 3 rings (SSSR count). The van der Waals surface area contributed by atoms with Crippen molar-refractivity contribution in [3.05, 3.63) is 90.0 Å². The second-order valence-electron chi connectivity index (χ2n) is 7.24. The van der Waals surface area contributed by atoms with Crippen molar-refractivity contribution in [3.8, 4) is 17.2 Å². The van der Waals surface area contributed by atoms with Gasteiger partial charge in [-0.05, 0) is 61.1 Å². The lowest BCUT2D eigenvalue weighted by Gasteiger charge is -2.13. The molecule has 9 heteroatoms. The molecule has 0 aliphatic rings. The Balaban J connectivity index is 1.45. The SMILES string of the molecule is CCCOc1ccccc1C(=O)NNC(=S)NC(=O)c1cccc(OCCOc2ccccc2)c1. The Morgan fingerprint density at radius 3 is 2.20 bits per heavy atom. The van der Waals surface area contributed by atoms with E-state index in [0.717, 1.165) is 12.2 Å². The van der Waals surface area contributed by atoms with Gasteiger partial charge in [0.2, 0.25) is 0 Å². The highest BCUT2D eigenvalue weighted by molar-refractivity contribution is 7.80. The van der Waals surface area contributed by atoms with Crippen molar-refractivity contribution >= 4 is 29.1 Å². The summed E-state index contributed by atoms with van der Waals surface area (Å²) in [7, 11) is 0. The lowest BCUT2D eigenvalue weighted by atomic mass is 10.2. The Morgan fingerprint density at radius 1 is 0.743 bits per heavy atom.